The maximum atomic E-state index is 13.8. The highest BCUT2D eigenvalue weighted by Crippen LogP contribution is 2.49. The first-order chi connectivity index (χ1) is 18.8. The monoisotopic (exact) mass is 541 g/mol. The van der Waals surface area contributed by atoms with E-state index < -0.39 is 40.8 Å². The topological polar surface area (TPSA) is 130 Å². The number of aromatic carboxylic acids is 1. The zero-order chi connectivity index (χ0) is 27.3. The van der Waals surface area contributed by atoms with Crippen LogP contribution in [0.25, 0.3) is 10.4 Å². The molecular formula is C28H19N3O7S. The van der Waals surface area contributed by atoms with Crippen molar-refractivity contribution in [1.82, 2.24) is 0 Å². The van der Waals surface area contributed by atoms with E-state index in [1.165, 1.54) is 47.7 Å². The first-order valence-electron chi connectivity index (χ1n) is 11.9. The van der Waals surface area contributed by atoms with Crippen molar-refractivity contribution in [1.29, 1.82) is 0 Å². The van der Waals surface area contributed by atoms with Crippen molar-refractivity contribution in [2.24, 2.45) is 5.92 Å². The van der Waals surface area contributed by atoms with Crippen molar-refractivity contribution < 1.29 is 29.3 Å². The molecule has 2 aliphatic rings. The summed E-state index contributed by atoms with van der Waals surface area (Å²) < 4.78 is 0. The van der Waals surface area contributed by atoms with Crippen LogP contribution in [0.15, 0.2) is 91.0 Å². The molecule has 3 heterocycles. The number of amides is 2. The van der Waals surface area contributed by atoms with Gasteiger partial charge in [0.15, 0.2) is 6.10 Å². The summed E-state index contributed by atoms with van der Waals surface area (Å²) in [5, 5.41) is 21.8. The molecule has 0 radical (unpaired) electrons. The number of imide groups is 1. The van der Waals surface area contributed by atoms with Gasteiger partial charge >= 0.3 is 5.97 Å². The number of hydrogen-bond acceptors (Lipinski definition) is 8. The van der Waals surface area contributed by atoms with Crippen molar-refractivity contribution in [3.8, 4) is 10.4 Å². The maximum Gasteiger partial charge on any atom is 0.335 e. The number of carboxylic acids is 1. The number of carbonyl (C=O) groups is 3. The molecule has 194 valence electrons. The predicted octanol–water partition coefficient (Wildman–Crippen LogP) is 5.07. The lowest BCUT2D eigenvalue weighted by molar-refractivity contribution is -0.384. The van der Waals surface area contributed by atoms with Crippen LogP contribution in [0.5, 0.6) is 0 Å². The summed E-state index contributed by atoms with van der Waals surface area (Å²) in [5.41, 5.74) is 1.77. The highest BCUT2D eigenvalue weighted by molar-refractivity contribution is 7.15. The third kappa shape index (κ3) is 4.13. The van der Waals surface area contributed by atoms with Gasteiger partial charge in [0.2, 0.25) is 5.91 Å². The summed E-state index contributed by atoms with van der Waals surface area (Å²) in [6.45, 7) is 0. The molecule has 0 saturated carbocycles. The third-order valence-electron chi connectivity index (χ3n) is 6.78. The van der Waals surface area contributed by atoms with Crippen LogP contribution in [0.4, 0.5) is 17.1 Å². The van der Waals surface area contributed by atoms with Gasteiger partial charge in [-0.1, -0.05) is 18.2 Å². The first-order valence-corrected chi connectivity index (χ1v) is 12.7. The Morgan fingerprint density at radius 3 is 2.21 bits per heavy atom. The molecule has 3 atom stereocenters. The summed E-state index contributed by atoms with van der Waals surface area (Å²) in [5.74, 6) is -2.92. The number of hydrogen-bond donors (Lipinski definition) is 1. The number of nitro benzene ring substituents is 1. The van der Waals surface area contributed by atoms with E-state index in [2.05, 4.69) is 0 Å². The molecule has 0 spiro atoms. The number of rotatable bonds is 6. The number of nitro groups is 1. The molecule has 11 heteroatoms. The molecule has 6 rings (SSSR count). The number of anilines is 2. The number of carboxylic acid groups (broad SMARTS) is 1. The van der Waals surface area contributed by atoms with Crippen LogP contribution in [0.1, 0.15) is 21.3 Å². The van der Waals surface area contributed by atoms with E-state index >= 15 is 0 Å². The average Bonchev–Trinajstić information content (AvgIpc) is 3.64. The van der Waals surface area contributed by atoms with Gasteiger partial charge in [0.1, 0.15) is 12.0 Å². The average molecular weight is 542 g/mol. The Labute approximate surface area is 225 Å². The summed E-state index contributed by atoms with van der Waals surface area (Å²) in [7, 11) is 0. The molecule has 2 amide bonds. The smallest absolute Gasteiger partial charge is 0.335 e. The minimum atomic E-state index is -1.11. The minimum absolute atomic E-state index is 0.00985. The van der Waals surface area contributed by atoms with E-state index in [-0.39, 0.29) is 16.9 Å². The quantitative estimate of drug-likeness (QED) is 0.203. The molecule has 2 saturated heterocycles. The number of para-hydroxylation sites is 1. The molecule has 2 fully saturated rings. The Kier molecular flexibility index (Phi) is 5.93. The molecule has 39 heavy (non-hydrogen) atoms. The lowest BCUT2D eigenvalue weighted by atomic mass is 9.95. The Morgan fingerprint density at radius 2 is 1.56 bits per heavy atom. The maximum absolute atomic E-state index is 13.8. The van der Waals surface area contributed by atoms with Gasteiger partial charge in [-0.2, -0.15) is 0 Å². The fourth-order valence-corrected chi connectivity index (χ4v) is 6.07. The highest BCUT2D eigenvalue weighted by Gasteiger charge is 2.60. The van der Waals surface area contributed by atoms with Gasteiger partial charge in [0, 0.05) is 21.9 Å². The van der Waals surface area contributed by atoms with Crippen molar-refractivity contribution in [2.45, 2.75) is 12.1 Å². The predicted molar refractivity (Wildman–Crippen MR) is 142 cm³/mol. The normalized spacial score (nSPS) is 20.4. The molecule has 0 aliphatic carbocycles. The Balaban J connectivity index is 1.37. The number of benzene rings is 3. The zero-order valence-electron chi connectivity index (χ0n) is 20.0. The van der Waals surface area contributed by atoms with Crippen LogP contribution in [0.3, 0.4) is 0 Å². The van der Waals surface area contributed by atoms with Crippen LogP contribution >= 0.6 is 11.3 Å². The summed E-state index contributed by atoms with van der Waals surface area (Å²) >= 11 is 1.41. The SMILES string of the molecule is O=C(O)c1ccc(N2C(=O)[C@H]3[C@@H](c4ccc(-c5ccc([N+](=O)[O-])cc5)s4)N(c4ccccc4)O[C@H]3C2=O)cc1. The number of non-ortho nitro benzene ring substituents is 1. The third-order valence-corrected chi connectivity index (χ3v) is 7.98. The van der Waals surface area contributed by atoms with Crippen molar-refractivity contribution in [3.05, 3.63) is 112 Å². The lowest BCUT2D eigenvalue weighted by Gasteiger charge is -2.27. The number of nitrogens with zero attached hydrogens (tertiary/aromatic N) is 3. The van der Waals surface area contributed by atoms with Gasteiger partial charge in [0.05, 0.1) is 21.9 Å². The number of fused-ring (bicyclic) bond motifs is 1. The fourth-order valence-electron chi connectivity index (χ4n) is 4.92. The first kappa shape index (κ1) is 24.5. The number of thiophene rings is 1. The molecule has 2 aliphatic heterocycles. The zero-order valence-corrected chi connectivity index (χ0v) is 20.9. The second-order valence-corrected chi connectivity index (χ2v) is 10.1. The van der Waals surface area contributed by atoms with Gasteiger partial charge in [-0.15, -0.1) is 11.3 Å². The number of carbonyl (C=O) groups excluding carboxylic acids is 2. The summed E-state index contributed by atoms with van der Waals surface area (Å²) in [6.07, 6.45) is -1.06. The van der Waals surface area contributed by atoms with Crippen molar-refractivity contribution in [3.63, 3.8) is 0 Å². The Morgan fingerprint density at radius 1 is 0.872 bits per heavy atom. The molecular weight excluding hydrogens is 522 g/mol. The van der Waals surface area contributed by atoms with Gasteiger partial charge in [-0.05, 0) is 66.2 Å². The van der Waals surface area contributed by atoms with Gasteiger partial charge in [-0.3, -0.25) is 24.5 Å². The van der Waals surface area contributed by atoms with Crippen LogP contribution in [0, 0.1) is 16.0 Å². The fraction of sp³-hybridized carbons (Fsp3) is 0.107. The van der Waals surface area contributed by atoms with E-state index in [0.29, 0.717) is 5.69 Å². The van der Waals surface area contributed by atoms with E-state index in [1.807, 2.05) is 42.5 Å². The molecule has 1 N–H and O–H groups in total. The van der Waals surface area contributed by atoms with Crippen LogP contribution in [-0.4, -0.2) is 33.9 Å². The van der Waals surface area contributed by atoms with Gasteiger partial charge in [0.25, 0.3) is 11.6 Å². The van der Waals surface area contributed by atoms with E-state index in [1.54, 1.807) is 17.2 Å². The van der Waals surface area contributed by atoms with Crippen molar-refractivity contribution in [2.75, 3.05) is 9.96 Å². The highest BCUT2D eigenvalue weighted by atomic mass is 32.1. The van der Waals surface area contributed by atoms with Gasteiger partial charge in [-0.25, -0.2) is 14.8 Å². The second-order valence-electron chi connectivity index (χ2n) is 9.03. The van der Waals surface area contributed by atoms with E-state index in [4.69, 9.17) is 4.84 Å². The van der Waals surface area contributed by atoms with Gasteiger partial charge < -0.3 is 5.11 Å². The summed E-state index contributed by atoms with van der Waals surface area (Å²) in [6, 6.07) is 24.1. The summed E-state index contributed by atoms with van der Waals surface area (Å²) in [4.78, 5) is 57.9. The van der Waals surface area contributed by atoms with Crippen LogP contribution in [-0.2, 0) is 14.4 Å². The second kappa shape index (κ2) is 9.46. The Bertz CT molecular complexity index is 1600. The molecule has 10 nitrogen and oxygen atoms in total. The van der Waals surface area contributed by atoms with Crippen molar-refractivity contribution >= 4 is 46.2 Å². The lowest BCUT2D eigenvalue weighted by Crippen LogP contribution is -2.37. The van der Waals surface area contributed by atoms with E-state index in [0.717, 1.165) is 20.2 Å². The molecule has 0 unspecified atom stereocenters. The van der Waals surface area contributed by atoms with E-state index in [9.17, 15) is 29.6 Å². The standard InChI is InChI=1S/C28H19N3O7S/c32-26-23-24(22-15-14-21(39-22)16-6-12-20(13-7-16)31(36)37)30(19-4-2-1-3-5-19)38-25(23)27(33)29(26)18-10-8-17(9-11-18)28(34)35/h1-15,23-25H,(H,34,35)/t23-,24+,25+/m0/s1. The van der Waals surface area contributed by atoms with Crippen LogP contribution < -0.4 is 9.96 Å². The largest absolute Gasteiger partial charge is 0.478 e. The van der Waals surface area contributed by atoms with Crippen LogP contribution in [0.2, 0.25) is 0 Å². The molecule has 1 aromatic heterocycles. The molecule has 3 aromatic carbocycles. The number of hydroxylamine groups is 1. The molecule has 4 aromatic rings. The molecule has 0 bridgehead atoms. The Hall–Kier alpha value is -4.87. The minimum Gasteiger partial charge on any atom is -0.478 e.